The van der Waals surface area contributed by atoms with Crippen molar-refractivity contribution in [3.63, 3.8) is 0 Å². The van der Waals surface area contributed by atoms with Gasteiger partial charge >= 0.3 is 0 Å². The highest BCUT2D eigenvalue weighted by Gasteiger charge is 2.26. The second-order valence-corrected chi connectivity index (χ2v) is 10.5. The van der Waals surface area contributed by atoms with Crippen molar-refractivity contribution in [2.45, 2.75) is 18.2 Å². The second kappa shape index (κ2) is 9.91. The molecule has 1 fully saturated rings. The molecule has 0 aliphatic carbocycles. The molecule has 0 spiro atoms. The van der Waals surface area contributed by atoms with E-state index in [1.165, 1.54) is 16.4 Å². The maximum absolute atomic E-state index is 12.7. The zero-order chi connectivity index (χ0) is 22.6. The molecule has 1 amide bonds. The summed E-state index contributed by atoms with van der Waals surface area (Å²) in [6, 6.07) is 14.2. The highest BCUT2D eigenvalue weighted by Crippen LogP contribution is 2.22. The van der Waals surface area contributed by atoms with Crippen molar-refractivity contribution >= 4 is 27.3 Å². The molecule has 0 atom stereocenters. The number of aromatic nitrogens is 1. The lowest BCUT2D eigenvalue weighted by Crippen LogP contribution is -2.40. The number of amides is 1. The Labute approximate surface area is 192 Å². The van der Waals surface area contributed by atoms with Gasteiger partial charge in [0.15, 0.2) is 0 Å². The molecule has 1 N–H and O–H groups in total. The molecule has 1 aliphatic rings. The predicted molar refractivity (Wildman–Crippen MR) is 124 cm³/mol. The number of carbonyl (C=O) groups is 1. The van der Waals surface area contributed by atoms with Gasteiger partial charge in [-0.05, 0) is 43.2 Å². The van der Waals surface area contributed by atoms with Crippen molar-refractivity contribution in [1.29, 1.82) is 0 Å². The van der Waals surface area contributed by atoms with E-state index in [-0.39, 0.29) is 10.8 Å². The van der Waals surface area contributed by atoms with Crippen LogP contribution in [0.4, 0.5) is 0 Å². The SMILES string of the molecule is Cc1nc(-c2ccc(CCNC(=O)c3ccc(S(=O)(=O)N4CCOCC4)cc3)cc2)cs1. The lowest BCUT2D eigenvalue weighted by atomic mass is 10.1. The first-order valence-electron chi connectivity index (χ1n) is 10.4. The third kappa shape index (κ3) is 5.24. The highest BCUT2D eigenvalue weighted by atomic mass is 32.2. The summed E-state index contributed by atoms with van der Waals surface area (Å²) in [6.07, 6.45) is 0.700. The van der Waals surface area contributed by atoms with E-state index in [1.807, 2.05) is 36.6 Å². The maximum Gasteiger partial charge on any atom is 0.251 e. The molecule has 1 aliphatic heterocycles. The minimum Gasteiger partial charge on any atom is -0.379 e. The van der Waals surface area contributed by atoms with E-state index < -0.39 is 10.0 Å². The van der Waals surface area contributed by atoms with Gasteiger partial charge in [0.1, 0.15) is 0 Å². The standard InChI is InChI=1S/C23H25N3O4S2/c1-17-25-22(16-31-17)19-4-2-18(3-5-19)10-11-24-23(27)20-6-8-21(9-7-20)32(28,29)26-12-14-30-15-13-26/h2-9,16H,10-15H2,1H3,(H,24,27). The summed E-state index contributed by atoms with van der Waals surface area (Å²) < 4.78 is 32.0. The van der Waals surface area contributed by atoms with Gasteiger partial charge in [0.25, 0.3) is 5.91 Å². The Balaban J connectivity index is 1.30. The number of hydrogen-bond donors (Lipinski definition) is 1. The van der Waals surface area contributed by atoms with Crippen molar-refractivity contribution < 1.29 is 17.9 Å². The number of nitrogens with zero attached hydrogens (tertiary/aromatic N) is 2. The Hall–Kier alpha value is -2.59. The molecule has 2 aromatic carbocycles. The number of benzene rings is 2. The number of carbonyl (C=O) groups excluding carboxylic acids is 1. The van der Waals surface area contributed by atoms with Crippen LogP contribution in [0.5, 0.6) is 0 Å². The first-order chi connectivity index (χ1) is 15.4. The van der Waals surface area contributed by atoms with Gasteiger partial charge in [0.05, 0.1) is 28.8 Å². The van der Waals surface area contributed by atoms with Crippen LogP contribution in [0.2, 0.25) is 0 Å². The molecule has 7 nitrogen and oxygen atoms in total. The summed E-state index contributed by atoms with van der Waals surface area (Å²) in [5.41, 5.74) is 3.61. The zero-order valence-electron chi connectivity index (χ0n) is 17.8. The molecule has 32 heavy (non-hydrogen) atoms. The molecule has 3 aromatic rings. The fourth-order valence-corrected chi connectivity index (χ4v) is 5.50. The molecule has 168 valence electrons. The number of hydrogen-bond acceptors (Lipinski definition) is 6. The summed E-state index contributed by atoms with van der Waals surface area (Å²) >= 11 is 1.63. The topological polar surface area (TPSA) is 88.6 Å². The fraction of sp³-hybridized carbons (Fsp3) is 0.304. The quantitative estimate of drug-likeness (QED) is 0.572. The molecule has 0 radical (unpaired) electrons. The van der Waals surface area contributed by atoms with Gasteiger partial charge < -0.3 is 10.1 Å². The molecule has 1 aromatic heterocycles. The van der Waals surface area contributed by atoms with Crippen molar-refractivity contribution in [3.05, 3.63) is 70.0 Å². The average molecular weight is 472 g/mol. The third-order valence-corrected chi connectivity index (χ3v) is 7.98. The Kier molecular flexibility index (Phi) is 7.00. The summed E-state index contributed by atoms with van der Waals surface area (Å²) in [5, 5.41) is 5.98. The number of rotatable bonds is 7. The van der Waals surface area contributed by atoms with Crippen LogP contribution in [-0.4, -0.2) is 56.5 Å². The average Bonchev–Trinajstić information content (AvgIpc) is 3.26. The van der Waals surface area contributed by atoms with Crippen LogP contribution in [0, 0.1) is 6.92 Å². The van der Waals surface area contributed by atoms with E-state index in [2.05, 4.69) is 10.3 Å². The normalized spacial score (nSPS) is 14.9. The van der Waals surface area contributed by atoms with Gasteiger partial charge in [-0.25, -0.2) is 13.4 Å². The Morgan fingerprint density at radius 2 is 1.78 bits per heavy atom. The molecule has 0 bridgehead atoms. The van der Waals surface area contributed by atoms with Gasteiger partial charge in [-0.1, -0.05) is 24.3 Å². The molecule has 9 heteroatoms. The van der Waals surface area contributed by atoms with Gasteiger partial charge in [0.2, 0.25) is 10.0 Å². The van der Waals surface area contributed by atoms with Crippen LogP contribution in [0.15, 0.2) is 58.8 Å². The van der Waals surface area contributed by atoms with Gasteiger partial charge in [-0.15, -0.1) is 11.3 Å². The van der Waals surface area contributed by atoms with Crippen LogP contribution in [-0.2, 0) is 21.2 Å². The number of nitrogens with one attached hydrogen (secondary N) is 1. The highest BCUT2D eigenvalue weighted by molar-refractivity contribution is 7.89. The molecule has 4 rings (SSSR count). The zero-order valence-corrected chi connectivity index (χ0v) is 19.4. The minimum absolute atomic E-state index is 0.186. The lowest BCUT2D eigenvalue weighted by molar-refractivity contribution is 0.0730. The number of sulfonamides is 1. The maximum atomic E-state index is 12.7. The monoisotopic (exact) mass is 471 g/mol. The third-order valence-electron chi connectivity index (χ3n) is 5.29. The lowest BCUT2D eigenvalue weighted by Gasteiger charge is -2.26. The van der Waals surface area contributed by atoms with Crippen LogP contribution in [0.1, 0.15) is 20.9 Å². The Morgan fingerprint density at radius 3 is 2.41 bits per heavy atom. The van der Waals surface area contributed by atoms with Crippen molar-refractivity contribution in [2.75, 3.05) is 32.8 Å². The summed E-state index contributed by atoms with van der Waals surface area (Å²) in [4.78, 5) is 17.1. The number of morpholine rings is 1. The first kappa shape index (κ1) is 22.6. The summed E-state index contributed by atoms with van der Waals surface area (Å²) in [6.45, 7) is 3.95. The van der Waals surface area contributed by atoms with Gasteiger partial charge in [-0.3, -0.25) is 4.79 Å². The first-order valence-corrected chi connectivity index (χ1v) is 12.7. The fourth-order valence-electron chi connectivity index (χ4n) is 3.47. The molecule has 2 heterocycles. The van der Waals surface area contributed by atoms with E-state index in [0.717, 1.165) is 21.8 Å². The van der Waals surface area contributed by atoms with Gasteiger partial charge in [-0.2, -0.15) is 4.31 Å². The minimum atomic E-state index is -3.56. The van der Waals surface area contributed by atoms with E-state index in [1.54, 1.807) is 23.5 Å². The van der Waals surface area contributed by atoms with E-state index >= 15 is 0 Å². The number of aryl methyl sites for hydroxylation is 1. The van der Waals surface area contributed by atoms with Gasteiger partial charge in [0, 0.05) is 36.1 Å². The van der Waals surface area contributed by atoms with E-state index in [4.69, 9.17) is 4.74 Å². The van der Waals surface area contributed by atoms with Crippen LogP contribution >= 0.6 is 11.3 Å². The summed E-state index contributed by atoms with van der Waals surface area (Å²) in [7, 11) is -3.56. The largest absolute Gasteiger partial charge is 0.379 e. The molecule has 0 unspecified atom stereocenters. The smallest absolute Gasteiger partial charge is 0.251 e. The number of thiazole rings is 1. The van der Waals surface area contributed by atoms with Crippen LogP contribution in [0.25, 0.3) is 11.3 Å². The molecule has 0 saturated carbocycles. The van der Waals surface area contributed by atoms with E-state index in [9.17, 15) is 13.2 Å². The Morgan fingerprint density at radius 1 is 1.09 bits per heavy atom. The van der Waals surface area contributed by atoms with Crippen molar-refractivity contribution in [1.82, 2.24) is 14.6 Å². The second-order valence-electron chi connectivity index (χ2n) is 7.50. The van der Waals surface area contributed by atoms with Crippen molar-refractivity contribution in [2.24, 2.45) is 0 Å². The molecule has 1 saturated heterocycles. The number of ether oxygens (including phenoxy) is 1. The summed E-state index contributed by atoms with van der Waals surface area (Å²) in [5.74, 6) is -0.227. The van der Waals surface area contributed by atoms with Crippen LogP contribution < -0.4 is 5.32 Å². The van der Waals surface area contributed by atoms with Crippen LogP contribution in [0.3, 0.4) is 0 Å². The molecular weight excluding hydrogens is 446 g/mol. The van der Waals surface area contributed by atoms with Crippen molar-refractivity contribution in [3.8, 4) is 11.3 Å². The predicted octanol–water partition coefficient (Wildman–Crippen LogP) is 3.11. The molecular formula is C23H25N3O4S2. The Bertz CT molecular complexity index is 1170. The van der Waals surface area contributed by atoms with E-state index in [0.29, 0.717) is 44.8 Å².